The summed E-state index contributed by atoms with van der Waals surface area (Å²) in [5.74, 6) is 0.903. The van der Waals surface area contributed by atoms with Crippen LogP contribution in [0.3, 0.4) is 0 Å². The van der Waals surface area contributed by atoms with E-state index in [1.165, 1.54) is 5.56 Å². The predicted octanol–water partition coefficient (Wildman–Crippen LogP) is 4.15. The lowest BCUT2D eigenvalue weighted by Crippen LogP contribution is -2.48. The van der Waals surface area contributed by atoms with Gasteiger partial charge in [-0.15, -0.1) is 0 Å². The van der Waals surface area contributed by atoms with Crippen LogP contribution in [0, 0.1) is 17.7 Å². The fourth-order valence-corrected chi connectivity index (χ4v) is 4.77. The first kappa shape index (κ1) is 15.0. The summed E-state index contributed by atoms with van der Waals surface area (Å²) in [6.07, 6.45) is 2.20. The van der Waals surface area contributed by atoms with E-state index < -0.39 is 0 Å². The lowest BCUT2D eigenvalue weighted by molar-refractivity contribution is -0.182. The molecule has 1 aromatic rings. The highest BCUT2D eigenvalue weighted by molar-refractivity contribution is 5.27. The average Bonchev–Trinajstić information content (AvgIpc) is 2.59. The second-order valence-corrected chi connectivity index (χ2v) is 7.79. The minimum absolute atomic E-state index is 0.0973. The van der Waals surface area contributed by atoms with E-state index in [0.29, 0.717) is 17.9 Å². The lowest BCUT2D eigenvalue weighted by atomic mass is 9.59. The van der Waals surface area contributed by atoms with E-state index in [9.17, 15) is 4.39 Å². The van der Waals surface area contributed by atoms with E-state index in [4.69, 9.17) is 4.84 Å². The zero-order valence-electron chi connectivity index (χ0n) is 13.7. The zero-order chi connectivity index (χ0) is 15.4. The van der Waals surface area contributed by atoms with E-state index in [1.807, 2.05) is 12.1 Å². The molecule has 1 heterocycles. The van der Waals surface area contributed by atoms with Crippen LogP contribution in [0.4, 0.5) is 4.39 Å². The zero-order valence-corrected chi connectivity index (χ0v) is 13.7. The van der Waals surface area contributed by atoms with E-state index in [-0.39, 0.29) is 16.8 Å². The maximum absolute atomic E-state index is 13.2. The van der Waals surface area contributed by atoms with Gasteiger partial charge in [0.1, 0.15) is 5.82 Å². The number of hydroxylamine groups is 2. The smallest absolute Gasteiger partial charge is 0.123 e. The quantitative estimate of drug-likeness (QED) is 0.770. The van der Waals surface area contributed by atoms with Gasteiger partial charge >= 0.3 is 0 Å². The highest BCUT2D eigenvalue weighted by atomic mass is 19.1. The van der Waals surface area contributed by atoms with Crippen LogP contribution >= 0.6 is 0 Å². The molecule has 0 radical (unpaired) electrons. The first-order valence-electron chi connectivity index (χ1n) is 7.91. The number of rotatable bonds is 1. The van der Waals surface area contributed by atoms with Crippen LogP contribution in [0.2, 0.25) is 0 Å². The Labute approximate surface area is 127 Å². The van der Waals surface area contributed by atoms with Crippen molar-refractivity contribution in [3.8, 4) is 0 Å². The van der Waals surface area contributed by atoms with Gasteiger partial charge in [-0.25, -0.2) is 4.39 Å². The van der Waals surface area contributed by atoms with Crippen molar-refractivity contribution in [1.29, 1.82) is 0 Å². The molecule has 3 heteroatoms. The summed E-state index contributed by atoms with van der Waals surface area (Å²) >= 11 is 0. The van der Waals surface area contributed by atoms with Gasteiger partial charge in [0.05, 0.1) is 5.60 Å². The van der Waals surface area contributed by atoms with Gasteiger partial charge in [-0.2, -0.15) is 5.06 Å². The molecule has 0 spiro atoms. The summed E-state index contributed by atoms with van der Waals surface area (Å²) in [5, 5.41) is 2.07. The van der Waals surface area contributed by atoms with Crippen LogP contribution in [-0.4, -0.2) is 23.8 Å². The van der Waals surface area contributed by atoms with Crippen molar-refractivity contribution < 1.29 is 9.23 Å². The Morgan fingerprint density at radius 1 is 1.14 bits per heavy atom. The monoisotopic (exact) mass is 291 g/mol. The molecule has 1 aromatic carbocycles. The van der Waals surface area contributed by atoms with Crippen LogP contribution in [0.1, 0.15) is 46.1 Å². The van der Waals surface area contributed by atoms with E-state index >= 15 is 0 Å². The molecule has 2 nitrogen and oxygen atoms in total. The van der Waals surface area contributed by atoms with Crippen molar-refractivity contribution >= 4 is 0 Å². The van der Waals surface area contributed by atoms with Gasteiger partial charge in [-0.05, 0) is 55.7 Å². The summed E-state index contributed by atoms with van der Waals surface area (Å²) < 4.78 is 13.2. The number of hydrogen-bond acceptors (Lipinski definition) is 2. The lowest BCUT2D eigenvalue weighted by Gasteiger charge is -2.46. The highest BCUT2D eigenvalue weighted by Gasteiger charge is 2.55. The normalized spacial score (nSPS) is 39.2. The number of fused-ring (bicyclic) bond motifs is 1. The van der Waals surface area contributed by atoms with Gasteiger partial charge in [-0.1, -0.05) is 26.0 Å². The van der Waals surface area contributed by atoms with Crippen molar-refractivity contribution in [2.45, 2.75) is 57.6 Å². The van der Waals surface area contributed by atoms with Crippen molar-refractivity contribution in [3.63, 3.8) is 0 Å². The van der Waals surface area contributed by atoms with Gasteiger partial charge in [-0.3, -0.25) is 4.84 Å². The average molecular weight is 291 g/mol. The molecule has 0 aromatic heterocycles. The number of benzene rings is 1. The second-order valence-electron chi connectivity index (χ2n) is 7.79. The Morgan fingerprint density at radius 3 is 2.38 bits per heavy atom. The van der Waals surface area contributed by atoms with Crippen LogP contribution in [0.25, 0.3) is 0 Å². The van der Waals surface area contributed by atoms with Crippen molar-refractivity contribution in [2.24, 2.45) is 11.8 Å². The van der Waals surface area contributed by atoms with E-state index in [1.54, 1.807) is 12.1 Å². The van der Waals surface area contributed by atoms with Gasteiger partial charge in [0.15, 0.2) is 0 Å². The molecule has 0 N–H and O–H groups in total. The van der Waals surface area contributed by atoms with Crippen LogP contribution < -0.4 is 0 Å². The van der Waals surface area contributed by atoms with Crippen LogP contribution in [0.5, 0.6) is 0 Å². The van der Waals surface area contributed by atoms with Crippen molar-refractivity contribution in [2.75, 3.05) is 7.05 Å². The third-order valence-corrected chi connectivity index (χ3v) is 5.67. The summed E-state index contributed by atoms with van der Waals surface area (Å²) in [5.41, 5.74) is 1.22. The molecule has 2 fully saturated rings. The molecular formula is C18H26FNO. The molecule has 0 amide bonds. The summed E-state index contributed by atoms with van der Waals surface area (Å²) in [7, 11) is 2.06. The van der Waals surface area contributed by atoms with Crippen molar-refractivity contribution in [1.82, 2.24) is 5.06 Å². The largest absolute Gasteiger partial charge is 0.293 e. The molecule has 0 unspecified atom stereocenters. The van der Waals surface area contributed by atoms with Crippen LogP contribution in [-0.2, 0) is 10.3 Å². The molecule has 3 rings (SSSR count). The maximum atomic E-state index is 13.2. The molecular weight excluding hydrogens is 265 g/mol. The Bertz CT molecular complexity index is 527. The Kier molecular flexibility index (Phi) is 3.42. The fraction of sp³-hybridized carbons (Fsp3) is 0.667. The number of nitrogens with zero attached hydrogens (tertiary/aromatic N) is 1. The van der Waals surface area contributed by atoms with Crippen LogP contribution in [0.15, 0.2) is 24.3 Å². The third-order valence-electron chi connectivity index (χ3n) is 5.67. The Hall–Kier alpha value is -0.930. The summed E-state index contributed by atoms with van der Waals surface area (Å²) in [4.78, 5) is 6.09. The van der Waals surface area contributed by atoms with Gasteiger partial charge < -0.3 is 0 Å². The molecule has 4 atom stereocenters. The molecule has 116 valence electrons. The molecule has 1 aliphatic carbocycles. The first-order chi connectivity index (χ1) is 9.73. The fourth-order valence-electron chi connectivity index (χ4n) is 4.77. The summed E-state index contributed by atoms with van der Waals surface area (Å²) in [6, 6.07) is 7.55. The minimum Gasteiger partial charge on any atom is -0.293 e. The first-order valence-corrected chi connectivity index (χ1v) is 7.91. The van der Waals surface area contributed by atoms with Crippen molar-refractivity contribution in [3.05, 3.63) is 35.6 Å². The number of halogens is 1. The number of hydrogen-bond donors (Lipinski definition) is 0. The van der Waals surface area contributed by atoms with E-state index in [2.05, 4.69) is 39.8 Å². The highest BCUT2D eigenvalue weighted by Crippen LogP contribution is 2.52. The Balaban J connectivity index is 1.94. The van der Waals surface area contributed by atoms with Gasteiger partial charge in [0, 0.05) is 19.0 Å². The third kappa shape index (κ3) is 2.40. The topological polar surface area (TPSA) is 12.5 Å². The van der Waals surface area contributed by atoms with Gasteiger partial charge in [0.2, 0.25) is 0 Å². The molecule has 2 aliphatic rings. The molecule has 0 bridgehead atoms. The molecule has 1 aliphatic heterocycles. The standard InChI is InChI=1S/C18H26FNO/c1-12-10-18(4,13-6-8-14(19)9-7-13)11-15-16(12)20(5)21-17(15,2)3/h6-9,12,15-16H,10-11H2,1-5H3/t12-,15+,16-,18+/m0/s1. The molecule has 1 saturated carbocycles. The molecule has 21 heavy (non-hydrogen) atoms. The Morgan fingerprint density at radius 2 is 1.76 bits per heavy atom. The molecule has 1 saturated heterocycles. The minimum atomic E-state index is -0.159. The summed E-state index contributed by atoms with van der Waals surface area (Å²) in [6.45, 7) is 9.02. The van der Waals surface area contributed by atoms with Gasteiger partial charge in [0.25, 0.3) is 0 Å². The van der Waals surface area contributed by atoms with E-state index in [0.717, 1.165) is 12.8 Å². The predicted molar refractivity (Wildman–Crippen MR) is 82.4 cm³/mol. The SMILES string of the molecule is C[C@H]1C[C@@](C)(c2ccc(F)cc2)C[C@@H]2[C@H]1N(C)OC2(C)C. The second kappa shape index (κ2) is 4.79. The maximum Gasteiger partial charge on any atom is 0.123 e.